The second kappa shape index (κ2) is 7.42. The van der Waals surface area contributed by atoms with Gasteiger partial charge in [0.2, 0.25) is 5.91 Å². The van der Waals surface area contributed by atoms with Crippen LogP contribution in [0.15, 0.2) is 18.2 Å². The number of nitriles is 1. The van der Waals surface area contributed by atoms with Crippen LogP contribution in [0.4, 0.5) is 5.69 Å². The molecule has 2 N–H and O–H groups in total. The number of benzene rings is 1. The second-order valence-corrected chi connectivity index (χ2v) is 4.65. The van der Waals surface area contributed by atoms with Crippen LogP contribution in [0.1, 0.15) is 37.8 Å². The Labute approximate surface area is 114 Å². The van der Waals surface area contributed by atoms with Crippen LogP contribution < -0.4 is 10.6 Å². The van der Waals surface area contributed by atoms with Gasteiger partial charge in [0.05, 0.1) is 11.6 Å². The van der Waals surface area contributed by atoms with Crippen molar-refractivity contribution in [3.63, 3.8) is 0 Å². The Morgan fingerprint density at radius 3 is 2.84 bits per heavy atom. The predicted molar refractivity (Wildman–Crippen MR) is 76.9 cm³/mol. The van der Waals surface area contributed by atoms with Gasteiger partial charge in [-0.1, -0.05) is 19.4 Å². The molecule has 0 radical (unpaired) electrons. The summed E-state index contributed by atoms with van der Waals surface area (Å²) >= 11 is 0. The third-order valence-electron chi connectivity index (χ3n) is 2.96. The molecule has 0 saturated heterocycles. The highest BCUT2D eigenvalue weighted by atomic mass is 16.2. The van der Waals surface area contributed by atoms with Crippen LogP contribution in [0, 0.1) is 18.3 Å². The zero-order valence-corrected chi connectivity index (χ0v) is 11.8. The zero-order valence-electron chi connectivity index (χ0n) is 11.8. The van der Waals surface area contributed by atoms with Gasteiger partial charge in [-0.2, -0.15) is 5.26 Å². The Kier molecular flexibility index (Phi) is 5.87. The first-order chi connectivity index (χ1) is 9.08. The molecule has 0 spiro atoms. The maximum atomic E-state index is 11.8. The molecule has 0 heterocycles. The Hall–Kier alpha value is -2.02. The summed E-state index contributed by atoms with van der Waals surface area (Å²) in [5, 5.41) is 14.9. The lowest BCUT2D eigenvalue weighted by Crippen LogP contribution is -2.38. The third kappa shape index (κ3) is 4.63. The first-order valence-corrected chi connectivity index (χ1v) is 6.63. The van der Waals surface area contributed by atoms with E-state index >= 15 is 0 Å². The highest BCUT2D eigenvalue weighted by molar-refractivity contribution is 5.84. The lowest BCUT2D eigenvalue weighted by molar-refractivity contribution is -0.121. The van der Waals surface area contributed by atoms with Gasteiger partial charge in [0.15, 0.2) is 0 Å². The van der Waals surface area contributed by atoms with Gasteiger partial charge >= 0.3 is 0 Å². The van der Waals surface area contributed by atoms with Crippen LogP contribution >= 0.6 is 0 Å². The fourth-order valence-electron chi connectivity index (χ4n) is 1.69. The monoisotopic (exact) mass is 259 g/mol. The van der Waals surface area contributed by atoms with E-state index in [1.165, 1.54) is 0 Å². The van der Waals surface area contributed by atoms with Crippen molar-refractivity contribution >= 4 is 11.6 Å². The standard InChI is InChI=1S/C15H21N3O/c1-4-5-8-17-15(19)12(3)18-14-9-13(10-16)7-6-11(14)2/h6-7,9,12,18H,4-5,8H2,1-3H3,(H,17,19). The van der Waals surface area contributed by atoms with E-state index in [1.54, 1.807) is 12.1 Å². The molecule has 0 fully saturated rings. The lowest BCUT2D eigenvalue weighted by atomic mass is 10.1. The highest BCUT2D eigenvalue weighted by Gasteiger charge is 2.12. The predicted octanol–water partition coefficient (Wildman–Crippen LogP) is 2.58. The fourth-order valence-corrected chi connectivity index (χ4v) is 1.69. The number of rotatable bonds is 6. The van der Waals surface area contributed by atoms with Crippen LogP contribution in [0.3, 0.4) is 0 Å². The summed E-state index contributed by atoms with van der Waals surface area (Å²) in [5.74, 6) is -0.0183. The zero-order chi connectivity index (χ0) is 14.3. The van der Waals surface area contributed by atoms with E-state index in [1.807, 2.05) is 19.9 Å². The lowest BCUT2D eigenvalue weighted by Gasteiger charge is -2.17. The molecule has 1 aromatic carbocycles. The number of amides is 1. The van der Waals surface area contributed by atoms with E-state index in [-0.39, 0.29) is 11.9 Å². The molecule has 0 bridgehead atoms. The summed E-state index contributed by atoms with van der Waals surface area (Å²) in [6, 6.07) is 7.20. The number of nitrogens with zero attached hydrogens (tertiary/aromatic N) is 1. The quantitative estimate of drug-likeness (QED) is 0.772. The number of unbranched alkanes of at least 4 members (excludes halogenated alkanes) is 1. The maximum Gasteiger partial charge on any atom is 0.242 e. The average Bonchev–Trinajstić information content (AvgIpc) is 2.41. The second-order valence-electron chi connectivity index (χ2n) is 4.65. The molecule has 0 aliphatic carbocycles. The molecule has 1 unspecified atom stereocenters. The highest BCUT2D eigenvalue weighted by Crippen LogP contribution is 2.17. The van der Waals surface area contributed by atoms with Gasteiger partial charge in [-0.3, -0.25) is 4.79 Å². The molecule has 1 atom stereocenters. The van der Waals surface area contributed by atoms with Gasteiger partial charge in [0.25, 0.3) is 0 Å². The van der Waals surface area contributed by atoms with Crippen molar-refractivity contribution in [1.29, 1.82) is 5.26 Å². The van der Waals surface area contributed by atoms with E-state index in [9.17, 15) is 4.79 Å². The molecular weight excluding hydrogens is 238 g/mol. The van der Waals surface area contributed by atoms with Crippen LogP contribution in [0.5, 0.6) is 0 Å². The minimum absolute atomic E-state index is 0.0183. The number of carbonyl (C=O) groups excluding carboxylic acids is 1. The number of nitrogens with one attached hydrogen (secondary N) is 2. The molecule has 0 aliphatic heterocycles. The summed E-state index contributed by atoms with van der Waals surface area (Å²) in [6.45, 7) is 6.56. The largest absolute Gasteiger partial charge is 0.374 e. The van der Waals surface area contributed by atoms with Gasteiger partial charge in [0.1, 0.15) is 6.04 Å². The van der Waals surface area contributed by atoms with E-state index in [4.69, 9.17) is 5.26 Å². The summed E-state index contributed by atoms with van der Waals surface area (Å²) in [5.41, 5.74) is 2.44. The van der Waals surface area contributed by atoms with Crippen molar-refractivity contribution < 1.29 is 4.79 Å². The van der Waals surface area contributed by atoms with E-state index in [2.05, 4.69) is 23.6 Å². The minimum atomic E-state index is -0.315. The van der Waals surface area contributed by atoms with Crippen LogP contribution in [0.2, 0.25) is 0 Å². The smallest absolute Gasteiger partial charge is 0.242 e. The number of carbonyl (C=O) groups is 1. The van der Waals surface area contributed by atoms with Crippen LogP contribution in [-0.2, 0) is 4.79 Å². The Morgan fingerprint density at radius 1 is 1.47 bits per heavy atom. The first-order valence-electron chi connectivity index (χ1n) is 6.63. The molecule has 1 aromatic rings. The Balaban J connectivity index is 2.63. The van der Waals surface area contributed by atoms with E-state index < -0.39 is 0 Å². The number of anilines is 1. The molecule has 19 heavy (non-hydrogen) atoms. The van der Waals surface area contributed by atoms with Crippen molar-refractivity contribution in [3.05, 3.63) is 29.3 Å². The SMILES string of the molecule is CCCCNC(=O)C(C)Nc1cc(C#N)ccc1C. The fraction of sp³-hybridized carbons (Fsp3) is 0.467. The van der Waals surface area contributed by atoms with Crippen molar-refractivity contribution in [3.8, 4) is 6.07 Å². The molecular formula is C15H21N3O. The number of hydrogen-bond acceptors (Lipinski definition) is 3. The Bertz CT molecular complexity index is 477. The van der Waals surface area contributed by atoms with Crippen molar-refractivity contribution in [2.24, 2.45) is 0 Å². The minimum Gasteiger partial charge on any atom is -0.374 e. The van der Waals surface area contributed by atoms with Crippen LogP contribution in [0.25, 0.3) is 0 Å². The molecule has 102 valence electrons. The topological polar surface area (TPSA) is 64.9 Å². The van der Waals surface area contributed by atoms with E-state index in [0.29, 0.717) is 12.1 Å². The van der Waals surface area contributed by atoms with Gasteiger partial charge in [-0.15, -0.1) is 0 Å². The first kappa shape index (κ1) is 15.0. The maximum absolute atomic E-state index is 11.8. The number of hydrogen-bond donors (Lipinski definition) is 2. The van der Waals surface area contributed by atoms with Gasteiger partial charge in [0, 0.05) is 12.2 Å². The summed E-state index contributed by atoms with van der Waals surface area (Å²) < 4.78 is 0. The molecule has 0 aromatic heterocycles. The Morgan fingerprint density at radius 2 is 2.21 bits per heavy atom. The molecule has 1 amide bonds. The molecule has 0 saturated carbocycles. The summed E-state index contributed by atoms with van der Waals surface area (Å²) in [6.07, 6.45) is 2.05. The third-order valence-corrected chi connectivity index (χ3v) is 2.96. The molecule has 1 rings (SSSR count). The average molecular weight is 259 g/mol. The summed E-state index contributed by atoms with van der Waals surface area (Å²) in [4.78, 5) is 11.8. The molecule has 4 heteroatoms. The molecule has 4 nitrogen and oxygen atoms in total. The normalized spacial score (nSPS) is 11.5. The van der Waals surface area contributed by atoms with Crippen molar-refractivity contribution in [1.82, 2.24) is 5.32 Å². The van der Waals surface area contributed by atoms with Crippen molar-refractivity contribution in [2.75, 3.05) is 11.9 Å². The molecule has 0 aliphatic rings. The van der Waals surface area contributed by atoms with Crippen LogP contribution in [-0.4, -0.2) is 18.5 Å². The van der Waals surface area contributed by atoms with E-state index in [0.717, 1.165) is 24.1 Å². The van der Waals surface area contributed by atoms with Gasteiger partial charge in [-0.05, 0) is 38.0 Å². The van der Waals surface area contributed by atoms with Crippen molar-refractivity contribution in [2.45, 2.75) is 39.7 Å². The van der Waals surface area contributed by atoms with Gasteiger partial charge < -0.3 is 10.6 Å². The number of aryl methyl sites for hydroxylation is 1. The summed E-state index contributed by atoms with van der Waals surface area (Å²) in [7, 11) is 0. The van der Waals surface area contributed by atoms with Gasteiger partial charge in [-0.25, -0.2) is 0 Å².